The molecule has 1 heterocycles. The van der Waals surface area contributed by atoms with E-state index in [1.165, 1.54) is 0 Å². The van der Waals surface area contributed by atoms with E-state index >= 15 is 0 Å². The molecule has 0 saturated carbocycles. The molecule has 0 fully saturated rings. The van der Waals surface area contributed by atoms with Crippen molar-refractivity contribution in [2.24, 2.45) is 0 Å². The number of hydrogen-bond acceptors (Lipinski definition) is 2. The number of benzene rings is 1. The van der Waals surface area contributed by atoms with Gasteiger partial charge in [-0.05, 0) is 24.3 Å². The fourth-order valence-corrected chi connectivity index (χ4v) is 1.89. The number of rotatable bonds is 4. The van der Waals surface area contributed by atoms with Gasteiger partial charge in [-0.25, -0.2) is 0 Å². The average molecular weight is 250 g/mol. The minimum atomic E-state index is 0.623. The summed E-state index contributed by atoms with van der Waals surface area (Å²) in [6.07, 6.45) is 4.46. The van der Waals surface area contributed by atoms with E-state index in [1.807, 2.05) is 22.9 Å². The molecule has 0 spiro atoms. The molecule has 2 rings (SSSR count). The zero-order valence-electron chi connectivity index (χ0n) is 9.39. The molecular formula is C13H12ClNO2. The second kappa shape index (κ2) is 5.06. The van der Waals surface area contributed by atoms with Crippen LogP contribution >= 0.6 is 11.6 Å². The van der Waals surface area contributed by atoms with Gasteiger partial charge >= 0.3 is 0 Å². The monoisotopic (exact) mass is 249 g/mol. The Balaban J connectivity index is 2.28. The number of ether oxygens (including phenoxy) is 1. The molecule has 0 unspecified atom stereocenters. The first kappa shape index (κ1) is 11.7. The molecular weight excluding hydrogens is 238 g/mol. The summed E-state index contributed by atoms with van der Waals surface area (Å²) in [5.41, 5.74) is 1.64. The minimum absolute atomic E-state index is 0.623. The van der Waals surface area contributed by atoms with Crippen molar-refractivity contribution in [2.45, 2.75) is 6.54 Å². The third kappa shape index (κ3) is 2.68. The average Bonchev–Trinajstić information content (AvgIpc) is 2.77. The molecule has 2 aromatic rings. The van der Waals surface area contributed by atoms with E-state index in [-0.39, 0.29) is 0 Å². The minimum Gasteiger partial charge on any atom is -0.496 e. The molecule has 1 aromatic carbocycles. The first-order valence-corrected chi connectivity index (χ1v) is 5.54. The summed E-state index contributed by atoms with van der Waals surface area (Å²) in [5.74, 6) is 0.788. The summed E-state index contributed by atoms with van der Waals surface area (Å²) in [5, 5.41) is 0.670. The van der Waals surface area contributed by atoms with Gasteiger partial charge in [0.1, 0.15) is 5.75 Å². The van der Waals surface area contributed by atoms with E-state index in [4.69, 9.17) is 16.3 Å². The van der Waals surface area contributed by atoms with E-state index in [9.17, 15) is 4.79 Å². The van der Waals surface area contributed by atoms with E-state index in [0.29, 0.717) is 17.1 Å². The summed E-state index contributed by atoms with van der Waals surface area (Å²) in [6, 6.07) is 7.25. The lowest BCUT2D eigenvalue weighted by Crippen LogP contribution is -1.99. The normalized spacial score (nSPS) is 10.2. The van der Waals surface area contributed by atoms with Gasteiger partial charge in [-0.3, -0.25) is 4.79 Å². The molecule has 0 aliphatic heterocycles. The lowest BCUT2D eigenvalue weighted by atomic mass is 10.2. The van der Waals surface area contributed by atoms with Crippen LogP contribution in [0.15, 0.2) is 36.7 Å². The second-order valence-electron chi connectivity index (χ2n) is 3.69. The van der Waals surface area contributed by atoms with Gasteiger partial charge in [-0.15, -0.1) is 0 Å². The molecule has 0 aliphatic carbocycles. The van der Waals surface area contributed by atoms with Crippen molar-refractivity contribution in [3.63, 3.8) is 0 Å². The lowest BCUT2D eigenvalue weighted by Gasteiger charge is -2.09. The summed E-state index contributed by atoms with van der Waals surface area (Å²) < 4.78 is 7.18. The zero-order chi connectivity index (χ0) is 12.3. The van der Waals surface area contributed by atoms with Crippen LogP contribution in [-0.4, -0.2) is 18.0 Å². The zero-order valence-corrected chi connectivity index (χ0v) is 10.1. The van der Waals surface area contributed by atoms with Crippen LogP contribution in [0, 0.1) is 0 Å². The molecule has 4 heteroatoms. The number of aldehydes is 1. The fourth-order valence-electron chi connectivity index (χ4n) is 1.69. The Labute approximate surface area is 105 Å². The number of aromatic nitrogens is 1. The summed E-state index contributed by atoms with van der Waals surface area (Å²) in [4.78, 5) is 10.6. The third-order valence-electron chi connectivity index (χ3n) is 2.50. The number of carbonyl (C=O) groups is 1. The van der Waals surface area contributed by atoms with Crippen molar-refractivity contribution in [1.82, 2.24) is 4.57 Å². The molecule has 17 heavy (non-hydrogen) atoms. The van der Waals surface area contributed by atoms with Gasteiger partial charge in [0.2, 0.25) is 0 Å². The van der Waals surface area contributed by atoms with Crippen molar-refractivity contribution < 1.29 is 9.53 Å². The van der Waals surface area contributed by atoms with Gasteiger partial charge < -0.3 is 9.30 Å². The van der Waals surface area contributed by atoms with Crippen LogP contribution in [0.25, 0.3) is 0 Å². The van der Waals surface area contributed by atoms with E-state index in [1.54, 1.807) is 25.4 Å². The molecule has 0 N–H and O–H groups in total. The standard InChI is InChI=1S/C13H12ClNO2/c1-17-13-3-2-12(14)6-11(13)8-15-5-4-10(7-15)9-16/h2-7,9H,8H2,1H3. The largest absolute Gasteiger partial charge is 0.496 e. The first-order valence-electron chi connectivity index (χ1n) is 5.16. The molecule has 0 aliphatic rings. The quantitative estimate of drug-likeness (QED) is 0.780. The maximum absolute atomic E-state index is 10.6. The molecule has 0 amide bonds. The first-order chi connectivity index (χ1) is 8.22. The van der Waals surface area contributed by atoms with Crippen LogP contribution < -0.4 is 4.74 Å². The van der Waals surface area contributed by atoms with Crippen LogP contribution in [0.5, 0.6) is 5.75 Å². The van der Waals surface area contributed by atoms with Crippen molar-refractivity contribution in [1.29, 1.82) is 0 Å². The molecule has 88 valence electrons. The predicted octanol–water partition coefficient (Wildman–Crippen LogP) is 3.01. The lowest BCUT2D eigenvalue weighted by molar-refractivity contribution is 0.112. The molecule has 3 nitrogen and oxygen atoms in total. The van der Waals surface area contributed by atoms with Gasteiger partial charge in [-0.2, -0.15) is 0 Å². The summed E-state index contributed by atoms with van der Waals surface area (Å²) in [6.45, 7) is 0.623. The van der Waals surface area contributed by atoms with E-state index in [0.717, 1.165) is 17.6 Å². The SMILES string of the molecule is COc1ccc(Cl)cc1Cn1ccc(C=O)c1. The Kier molecular flexibility index (Phi) is 3.49. The van der Waals surface area contributed by atoms with Crippen LogP contribution in [0.3, 0.4) is 0 Å². The van der Waals surface area contributed by atoms with Gasteiger partial charge in [0.25, 0.3) is 0 Å². The molecule has 0 radical (unpaired) electrons. The Morgan fingerprint density at radius 3 is 2.88 bits per heavy atom. The van der Waals surface area contributed by atoms with Crippen LogP contribution in [0.2, 0.25) is 5.02 Å². The highest BCUT2D eigenvalue weighted by atomic mass is 35.5. The van der Waals surface area contributed by atoms with Crippen LogP contribution in [-0.2, 0) is 6.54 Å². The molecule has 0 saturated heterocycles. The topological polar surface area (TPSA) is 31.2 Å². The number of halogens is 1. The Bertz CT molecular complexity index is 534. The Morgan fingerprint density at radius 1 is 1.41 bits per heavy atom. The van der Waals surface area contributed by atoms with Crippen LogP contribution in [0.4, 0.5) is 0 Å². The number of methoxy groups -OCH3 is 1. The van der Waals surface area contributed by atoms with Crippen molar-refractivity contribution >= 4 is 17.9 Å². The maximum atomic E-state index is 10.6. The van der Waals surface area contributed by atoms with Crippen molar-refractivity contribution in [2.75, 3.05) is 7.11 Å². The van der Waals surface area contributed by atoms with Gasteiger partial charge in [-0.1, -0.05) is 11.6 Å². The van der Waals surface area contributed by atoms with Crippen LogP contribution in [0.1, 0.15) is 15.9 Å². The maximum Gasteiger partial charge on any atom is 0.151 e. The Morgan fingerprint density at radius 2 is 2.24 bits per heavy atom. The third-order valence-corrected chi connectivity index (χ3v) is 2.74. The number of nitrogens with zero attached hydrogens (tertiary/aromatic N) is 1. The molecule has 0 bridgehead atoms. The van der Waals surface area contributed by atoms with E-state index in [2.05, 4.69) is 0 Å². The number of hydrogen-bond donors (Lipinski definition) is 0. The van der Waals surface area contributed by atoms with Crippen molar-refractivity contribution in [3.8, 4) is 5.75 Å². The summed E-state index contributed by atoms with van der Waals surface area (Å²) >= 11 is 5.95. The van der Waals surface area contributed by atoms with Gasteiger partial charge in [0, 0.05) is 28.5 Å². The van der Waals surface area contributed by atoms with E-state index < -0.39 is 0 Å². The van der Waals surface area contributed by atoms with Crippen molar-refractivity contribution in [3.05, 3.63) is 52.8 Å². The highest BCUT2D eigenvalue weighted by Crippen LogP contribution is 2.23. The molecule has 0 atom stereocenters. The van der Waals surface area contributed by atoms with Gasteiger partial charge in [0.05, 0.1) is 13.7 Å². The smallest absolute Gasteiger partial charge is 0.151 e. The second-order valence-corrected chi connectivity index (χ2v) is 4.13. The fraction of sp³-hybridized carbons (Fsp3) is 0.154. The number of carbonyl (C=O) groups excluding carboxylic acids is 1. The highest BCUT2D eigenvalue weighted by molar-refractivity contribution is 6.30. The highest BCUT2D eigenvalue weighted by Gasteiger charge is 2.05. The summed E-state index contributed by atoms with van der Waals surface area (Å²) in [7, 11) is 1.62. The predicted molar refractivity (Wildman–Crippen MR) is 66.9 cm³/mol. The molecule has 1 aromatic heterocycles. The van der Waals surface area contributed by atoms with Gasteiger partial charge in [0.15, 0.2) is 6.29 Å². The Hall–Kier alpha value is -1.74.